The number of imidazole rings is 1. The molecule has 0 aliphatic carbocycles. The van der Waals surface area contributed by atoms with E-state index in [0.29, 0.717) is 17.6 Å². The number of anilines is 1. The number of rotatable bonds is 2. The summed E-state index contributed by atoms with van der Waals surface area (Å²) in [6, 6.07) is 11.4. The van der Waals surface area contributed by atoms with Crippen LogP contribution in [0.5, 0.6) is 0 Å². The number of esters is 1. The molecule has 6 nitrogen and oxygen atoms in total. The molecular weight excluding hydrogens is 304 g/mol. The van der Waals surface area contributed by atoms with Crippen LogP contribution in [0, 0.1) is 18.3 Å². The summed E-state index contributed by atoms with van der Waals surface area (Å²) in [4.78, 5) is 16.6. The average Bonchev–Trinajstić information content (AvgIpc) is 3.07. The van der Waals surface area contributed by atoms with Crippen LogP contribution in [0.2, 0.25) is 0 Å². The van der Waals surface area contributed by atoms with E-state index in [9.17, 15) is 10.1 Å². The number of aryl methyl sites for hydroxylation is 1. The van der Waals surface area contributed by atoms with Crippen LogP contribution >= 0.6 is 0 Å². The molecule has 0 bridgehead atoms. The Labute approximate surface area is 138 Å². The van der Waals surface area contributed by atoms with Crippen molar-refractivity contribution in [1.82, 2.24) is 9.38 Å². The molecule has 0 unspecified atom stereocenters. The van der Waals surface area contributed by atoms with Crippen LogP contribution in [0.3, 0.4) is 0 Å². The van der Waals surface area contributed by atoms with Crippen LogP contribution in [0.1, 0.15) is 24.5 Å². The van der Waals surface area contributed by atoms with Gasteiger partial charge in [0.2, 0.25) is 0 Å². The van der Waals surface area contributed by atoms with Crippen LogP contribution in [-0.2, 0) is 9.53 Å². The molecule has 3 heterocycles. The molecule has 1 aromatic carbocycles. The van der Waals surface area contributed by atoms with E-state index in [1.807, 2.05) is 48.6 Å². The van der Waals surface area contributed by atoms with E-state index in [1.165, 1.54) is 0 Å². The van der Waals surface area contributed by atoms with E-state index >= 15 is 0 Å². The number of pyridine rings is 1. The molecule has 0 amide bonds. The molecule has 4 rings (SSSR count). The number of para-hydroxylation sites is 2. The van der Waals surface area contributed by atoms with Crippen molar-refractivity contribution in [2.24, 2.45) is 0 Å². The predicted octanol–water partition coefficient (Wildman–Crippen LogP) is 2.78. The minimum absolute atomic E-state index is 0.0931. The zero-order valence-corrected chi connectivity index (χ0v) is 13.4. The van der Waals surface area contributed by atoms with E-state index in [4.69, 9.17) is 4.74 Å². The monoisotopic (exact) mass is 320 g/mol. The molecule has 0 radical (unpaired) electrons. The summed E-state index contributed by atoms with van der Waals surface area (Å²) in [6.45, 7) is 3.75. The number of carbonyl (C=O) groups excluding carboxylic acids is 1. The van der Waals surface area contributed by atoms with E-state index in [0.717, 1.165) is 22.4 Å². The van der Waals surface area contributed by atoms with Crippen molar-refractivity contribution in [1.29, 1.82) is 5.26 Å². The molecule has 6 heteroatoms. The number of hydrogen-bond donors (Lipinski definition) is 1. The van der Waals surface area contributed by atoms with Gasteiger partial charge in [-0.3, -0.25) is 4.40 Å². The van der Waals surface area contributed by atoms with Gasteiger partial charge in [0, 0.05) is 6.42 Å². The Morgan fingerprint density at radius 1 is 1.42 bits per heavy atom. The van der Waals surface area contributed by atoms with Crippen molar-refractivity contribution < 1.29 is 9.53 Å². The third-order valence-corrected chi connectivity index (χ3v) is 4.38. The van der Waals surface area contributed by atoms with Gasteiger partial charge in [0.25, 0.3) is 0 Å². The smallest absolute Gasteiger partial charge is 0.329 e. The number of aromatic nitrogens is 2. The van der Waals surface area contributed by atoms with Crippen molar-refractivity contribution in [3.8, 4) is 6.07 Å². The molecule has 24 heavy (non-hydrogen) atoms. The number of cyclic esters (lactones) is 1. The Balaban J connectivity index is 1.95. The molecule has 0 spiro atoms. The second kappa shape index (κ2) is 5.24. The van der Waals surface area contributed by atoms with Gasteiger partial charge in [-0.1, -0.05) is 12.1 Å². The fourth-order valence-corrected chi connectivity index (χ4v) is 3.25. The number of nitrogens with one attached hydrogen (secondary N) is 1. The Bertz CT molecular complexity index is 1020. The number of hydrogen-bond acceptors (Lipinski definition) is 5. The number of ether oxygens (including phenoxy) is 1. The number of benzene rings is 1. The van der Waals surface area contributed by atoms with Crippen LogP contribution in [0.25, 0.3) is 16.7 Å². The molecule has 1 saturated heterocycles. The summed E-state index contributed by atoms with van der Waals surface area (Å²) < 4.78 is 7.12. The molecule has 3 aromatic rings. The maximum atomic E-state index is 12.0. The van der Waals surface area contributed by atoms with Crippen molar-refractivity contribution in [2.45, 2.75) is 32.4 Å². The maximum absolute atomic E-state index is 12.0. The number of carbonyl (C=O) groups is 1. The van der Waals surface area contributed by atoms with Gasteiger partial charge >= 0.3 is 5.97 Å². The third kappa shape index (κ3) is 2.09. The third-order valence-electron chi connectivity index (χ3n) is 4.38. The van der Waals surface area contributed by atoms with Crippen molar-refractivity contribution >= 4 is 28.5 Å². The highest BCUT2D eigenvalue weighted by atomic mass is 16.6. The van der Waals surface area contributed by atoms with E-state index in [1.54, 1.807) is 0 Å². The Morgan fingerprint density at radius 2 is 2.21 bits per heavy atom. The van der Waals surface area contributed by atoms with Crippen LogP contribution in [0.4, 0.5) is 5.82 Å². The second-order valence-corrected chi connectivity index (χ2v) is 6.14. The topological polar surface area (TPSA) is 79.4 Å². The quantitative estimate of drug-likeness (QED) is 0.735. The molecule has 0 saturated carbocycles. The Kier molecular flexibility index (Phi) is 3.17. The predicted molar refractivity (Wildman–Crippen MR) is 89.7 cm³/mol. The van der Waals surface area contributed by atoms with Gasteiger partial charge < -0.3 is 10.1 Å². The first-order chi connectivity index (χ1) is 11.6. The minimum atomic E-state index is -0.392. The lowest BCUT2D eigenvalue weighted by atomic mass is 10.1. The van der Waals surface area contributed by atoms with E-state index in [2.05, 4.69) is 16.4 Å². The average molecular weight is 320 g/mol. The normalized spacial score (nSPS) is 20.3. The molecule has 1 aliphatic rings. The minimum Gasteiger partial charge on any atom is -0.461 e. The van der Waals surface area contributed by atoms with Crippen molar-refractivity contribution in [2.75, 3.05) is 5.32 Å². The first-order valence-electron chi connectivity index (χ1n) is 7.86. The summed E-state index contributed by atoms with van der Waals surface area (Å²) in [5.74, 6) is 0.494. The fraction of sp³-hybridized carbons (Fsp3) is 0.278. The van der Waals surface area contributed by atoms with Crippen LogP contribution in [0.15, 0.2) is 30.3 Å². The molecule has 2 atom stereocenters. The number of nitrogens with zero attached hydrogens (tertiary/aromatic N) is 3. The lowest BCUT2D eigenvalue weighted by Gasteiger charge is -2.15. The maximum Gasteiger partial charge on any atom is 0.329 e. The Morgan fingerprint density at radius 3 is 2.92 bits per heavy atom. The molecule has 1 N–H and O–H groups in total. The Hall–Kier alpha value is -3.07. The number of fused-ring (bicyclic) bond motifs is 3. The second-order valence-electron chi connectivity index (χ2n) is 6.14. The highest BCUT2D eigenvalue weighted by molar-refractivity contribution is 5.86. The van der Waals surface area contributed by atoms with Crippen molar-refractivity contribution in [3.05, 3.63) is 41.5 Å². The van der Waals surface area contributed by atoms with Gasteiger partial charge in [-0.15, -0.1) is 0 Å². The fourth-order valence-electron chi connectivity index (χ4n) is 3.25. The summed E-state index contributed by atoms with van der Waals surface area (Å²) >= 11 is 0. The largest absolute Gasteiger partial charge is 0.461 e. The lowest BCUT2D eigenvalue weighted by molar-refractivity contribution is -0.141. The molecule has 120 valence electrons. The molecule has 1 aliphatic heterocycles. The van der Waals surface area contributed by atoms with E-state index in [-0.39, 0.29) is 12.1 Å². The zero-order chi connectivity index (χ0) is 16.8. The first-order valence-corrected chi connectivity index (χ1v) is 7.86. The summed E-state index contributed by atoms with van der Waals surface area (Å²) in [7, 11) is 0. The summed E-state index contributed by atoms with van der Waals surface area (Å²) in [5.41, 5.74) is 3.66. The highest BCUT2D eigenvalue weighted by Crippen LogP contribution is 2.28. The van der Waals surface area contributed by atoms with E-state index < -0.39 is 6.04 Å². The SMILES string of the molecule is Cc1cc(N[C@H]2C[C@@H](C)OC2=O)n2c(nc3ccccc32)c1C#N. The van der Waals surface area contributed by atoms with Crippen LogP contribution in [-0.4, -0.2) is 27.5 Å². The molecule has 1 fully saturated rings. The van der Waals surface area contributed by atoms with Gasteiger partial charge in [-0.2, -0.15) is 5.26 Å². The zero-order valence-electron chi connectivity index (χ0n) is 13.4. The number of nitriles is 1. The van der Waals surface area contributed by atoms with Gasteiger partial charge in [-0.05, 0) is 37.6 Å². The van der Waals surface area contributed by atoms with Crippen LogP contribution < -0.4 is 5.32 Å². The van der Waals surface area contributed by atoms with Gasteiger partial charge in [-0.25, -0.2) is 9.78 Å². The molecular formula is C18H16N4O2. The first kappa shape index (κ1) is 14.5. The van der Waals surface area contributed by atoms with Gasteiger partial charge in [0.05, 0.1) is 16.6 Å². The van der Waals surface area contributed by atoms with Gasteiger partial charge in [0.1, 0.15) is 24.0 Å². The lowest BCUT2D eigenvalue weighted by Crippen LogP contribution is -2.25. The summed E-state index contributed by atoms with van der Waals surface area (Å²) in [6.07, 6.45) is 0.524. The summed E-state index contributed by atoms with van der Waals surface area (Å²) in [5, 5.41) is 12.8. The highest BCUT2D eigenvalue weighted by Gasteiger charge is 2.32. The van der Waals surface area contributed by atoms with Crippen molar-refractivity contribution in [3.63, 3.8) is 0 Å². The molecule has 2 aromatic heterocycles. The van der Waals surface area contributed by atoms with Gasteiger partial charge in [0.15, 0.2) is 5.65 Å². The standard InChI is InChI=1S/C18H16N4O2/c1-10-7-16(20-14-8-11(2)24-18(14)23)22-15-6-4-3-5-13(15)21-17(22)12(10)9-19/h3-7,11,14,20H,8H2,1-2H3/t11-,14+/m1/s1.